The summed E-state index contributed by atoms with van der Waals surface area (Å²) in [6, 6.07) is 0.143. The van der Waals surface area contributed by atoms with E-state index < -0.39 is 5.54 Å². The second kappa shape index (κ2) is 10.9. The first kappa shape index (κ1) is 26.7. The normalized spacial score (nSPS) is 20.9. The zero-order valence-corrected chi connectivity index (χ0v) is 23.1. The van der Waals surface area contributed by atoms with Gasteiger partial charge in [-0.1, -0.05) is 25.7 Å². The van der Waals surface area contributed by atoms with Crippen molar-refractivity contribution in [3.05, 3.63) is 16.1 Å². The number of fused-ring (bicyclic) bond motifs is 3. The molecule has 0 radical (unpaired) electrons. The van der Waals surface area contributed by atoms with E-state index in [0.29, 0.717) is 44.1 Å². The van der Waals surface area contributed by atoms with Gasteiger partial charge < -0.3 is 24.8 Å². The van der Waals surface area contributed by atoms with E-state index in [0.717, 1.165) is 46.3 Å². The van der Waals surface area contributed by atoms with Crippen LogP contribution in [0.3, 0.4) is 0 Å². The van der Waals surface area contributed by atoms with Gasteiger partial charge in [0.2, 0.25) is 11.8 Å². The number of aryl methyl sites for hydroxylation is 2. The van der Waals surface area contributed by atoms with Crippen LogP contribution in [0.15, 0.2) is 0 Å². The van der Waals surface area contributed by atoms with Crippen molar-refractivity contribution in [2.75, 3.05) is 25.1 Å². The maximum Gasteiger partial charge on any atom is 0.273 e. The van der Waals surface area contributed by atoms with Crippen molar-refractivity contribution >= 4 is 45.0 Å². The van der Waals surface area contributed by atoms with Gasteiger partial charge in [-0.25, -0.2) is 0 Å². The Labute approximate surface area is 217 Å². The SMILES string of the molecule is CCOCCCN1C(=O)c2c(NC(C)=O)c3c(C)c(C)sc3n2CC1(C)C(=O)NC1CCCCCC1. The number of hydrogen-bond acceptors (Lipinski definition) is 5. The van der Waals surface area contributed by atoms with Crippen molar-refractivity contribution in [3.8, 4) is 0 Å². The summed E-state index contributed by atoms with van der Waals surface area (Å²) in [7, 11) is 0. The smallest absolute Gasteiger partial charge is 0.273 e. The summed E-state index contributed by atoms with van der Waals surface area (Å²) in [6.07, 6.45) is 7.25. The summed E-state index contributed by atoms with van der Waals surface area (Å²) in [5.74, 6) is -0.540. The van der Waals surface area contributed by atoms with Crippen molar-refractivity contribution in [3.63, 3.8) is 0 Å². The van der Waals surface area contributed by atoms with E-state index >= 15 is 0 Å². The van der Waals surface area contributed by atoms with Crippen LogP contribution in [0.5, 0.6) is 0 Å². The van der Waals surface area contributed by atoms with E-state index in [9.17, 15) is 14.4 Å². The lowest BCUT2D eigenvalue weighted by Crippen LogP contribution is -2.65. The standard InChI is InChI=1S/C27H40N4O4S/c1-6-35-15-11-14-31-24(33)23-22(28-19(4)32)21-17(2)18(3)36-25(21)30(23)16-27(31,5)26(34)29-20-12-9-7-8-10-13-20/h20H,6-16H2,1-5H3,(H,28,32)(H,29,34). The molecular weight excluding hydrogens is 476 g/mol. The number of ether oxygens (including phenoxy) is 1. The minimum absolute atomic E-state index is 0.0993. The minimum Gasteiger partial charge on any atom is -0.382 e. The van der Waals surface area contributed by atoms with Crippen LogP contribution in [-0.4, -0.2) is 58.5 Å². The molecule has 0 bridgehead atoms. The van der Waals surface area contributed by atoms with E-state index in [2.05, 4.69) is 10.6 Å². The van der Waals surface area contributed by atoms with Gasteiger partial charge >= 0.3 is 0 Å². The average molecular weight is 517 g/mol. The van der Waals surface area contributed by atoms with Gasteiger partial charge in [0, 0.05) is 43.0 Å². The first-order valence-corrected chi connectivity index (χ1v) is 14.1. The molecule has 1 aliphatic carbocycles. The van der Waals surface area contributed by atoms with Crippen molar-refractivity contribution in [1.29, 1.82) is 0 Å². The first-order valence-electron chi connectivity index (χ1n) is 13.3. The van der Waals surface area contributed by atoms with Gasteiger partial charge in [-0.2, -0.15) is 0 Å². The first-order chi connectivity index (χ1) is 17.2. The van der Waals surface area contributed by atoms with Gasteiger partial charge in [0.15, 0.2) is 0 Å². The van der Waals surface area contributed by atoms with Gasteiger partial charge in [0.1, 0.15) is 16.1 Å². The molecule has 1 atom stereocenters. The van der Waals surface area contributed by atoms with E-state index in [4.69, 9.17) is 4.74 Å². The highest BCUT2D eigenvalue weighted by Crippen LogP contribution is 2.44. The maximum atomic E-state index is 14.2. The predicted molar refractivity (Wildman–Crippen MR) is 144 cm³/mol. The number of rotatable bonds is 8. The van der Waals surface area contributed by atoms with Crippen LogP contribution in [0.2, 0.25) is 0 Å². The third-order valence-electron chi connectivity index (χ3n) is 7.73. The molecule has 0 spiro atoms. The molecule has 2 N–H and O–H groups in total. The highest BCUT2D eigenvalue weighted by Gasteiger charge is 2.49. The average Bonchev–Trinajstić information content (AvgIpc) is 3.12. The molecule has 36 heavy (non-hydrogen) atoms. The summed E-state index contributed by atoms with van der Waals surface area (Å²) >= 11 is 1.61. The summed E-state index contributed by atoms with van der Waals surface area (Å²) in [5, 5.41) is 7.15. The molecule has 1 fully saturated rings. The van der Waals surface area contributed by atoms with Crippen LogP contribution < -0.4 is 10.6 Å². The second-order valence-corrected chi connectivity index (χ2v) is 11.6. The molecule has 1 aliphatic heterocycles. The van der Waals surface area contributed by atoms with E-state index in [1.54, 1.807) is 16.2 Å². The summed E-state index contributed by atoms with van der Waals surface area (Å²) < 4.78 is 7.51. The fourth-order valence-corrected chi connectivity index (χ4v) is 6.81. The van der Waals surface area contributed by atoms with Gasteiger partial charge in [0.05, 0.1) is 12.2 Å². The Balaban J connectivity index is 1.77. The molecule has 3 amide bonds. The predicted octanol–water partition coefficient (Wildman–Crippen LogP) is 4.76. The second-order valence-electron chi connectivity index (χ2n) is 10.4. The number of thiophene rings is 1. The van der Waals surface area contributed by atoms with Crippen LogP contribution in [0, 0.1) is 13.8 Å². The molecule has 2 aromatic heterocycles. The lowest BCUT2D eigenvalue weighted by atomic mass is 9.93. The highest BCUT2D eigenvalue weighted by molar-refractivity contribution is 7.19. The summed E-state index contributed by atoms with van der Waals surface area (Å²) in [6.45, 7) is 11.2. The van der Waals surface area contributed by atoms with Crippen LogP contribution >= 0.6 is 11.3 Å². The van der Waals surface area contributed by atoms with Crippen LogP contribution in [0.1, 0.15) is 86.6 Å². The van der Waals surface area contributed by atoms with E-state index in [-0.39, 0.29) is 23.8 Å². The Morgan fingerprint density at radius 3 is 2.50 bits per heavy atom. The lowest BCUT2D eigenvalue weighted by molar-refractivity contribution is -0.133. The van der Waals surface area contributed by atoms with Crippen molar-refractivity contribution < 1.29 is 19.1 Å². The molecule has 9 heteroatoms. The Bertz CT molecular complexity index is 1140. The third-order valence-corrected chi connectivity index (χ3v) is 8.96. The number of hydrogen-bond donors (Lipinski definition) is 2. The molecule has 1 unspecified atom stereocenters. The Kier molecular flexibility index (Phi) is 8.09. The maximum absolute atomic E-state index is 14.2. The Morgan fingerprint density at radius 1 is 1.17 bits per heavy atom. The van der Waals surface area contributed by atoms with Crippen molar-refractivity contribution in [2.24, 2.45) is 0 Å². The molecule has 3 heterocycles. The summed E-state index contributed by atoms with van der Waals surface area (Å²) in [5.41, 5.74) is 1.03. The molecule has 198 valence electrons. The van der Waals surface area contributed by atoms with Gasteiger partial charge in [-0.05, 0) is 52.5 Å². The number of nitrogens with one attached hydrogen (secondary N) is 2. The van der Waals surface area contributed by atoms with Crippen LogP contribution in [0.25, 0.3) is 10.2 Å². The fourth-order valence-electron chi connectivity index (χ4n) is 5.64. The molecule has 4 rings (SSSR count). The van der Waals surface area contributed by atoms with Gasteiger partial charge in [-0.3, -0.25) is 14.4 Å². The highest BCUT2D eigenvalue weighted by atomic mass is 32.1. The quantitative estimate of drug-likeness (QED) is 0.391. The third kappa shape index (κ3) is 4.92. The molecule has 1 saturated carbocycles. The lowest BCUT2D eigenvalue weighted by Gasteiger charge is -2.44. The number of nitrogens with zero attached hydrogens (tertiary/aromatic N) is 2. The molecular formula is C27H40N4O4S. The Morgan fingerprint density at radius 2 is 1.86 bits per heavy atom. The zero-order chi connectivity index (χ0) is 26.0. The number of carbonyl (C=O) groups excluding carboxylic acids is 3. The Hall–Kier alpha value is -2.39. The van der Waals surface area contributed by atoms with Crippen LogP contribution in [0.4, 0.5) is 5.69 Å². The number of aromatic nitrogens is 1. The zero-order valence-electron chi connectivity index (χ0n) is 22.3. The molecule has 2 aliphatic rings. The number of anilines is 1. The topological polar surface area (TPSA) is 92.7 Å². The van der Waals surface area contributed by atoms with E-state index in [1.165, 1.54) is 19.8 Å². The molecule has 8 nitrogen and oxygen atoms in total. The fraction of sp³-hybridized carbons (Fsp3) is 0.667. The number of amides is 3. The van der Waals surface area contributed by atoms with Crippen molar-refractivity contribution in [2.45, 2.75) is 97.7 Å². The monoisotopic (exact) mass is 516 g/mol. The van der Waals surface area contributed by atoms with Crippen LogP contribution in [-0.2, 0) is 20.9 Å². The van der Waals surface area contributed by atoms with Gasteiger partial charge in [0.25, 0.3) is 5.91 Å². The van der Waals surface area contributed by atoms with Gasteiger partial charge in [-0.15, -0.1) is 11.3 Å². The number of carbonyl (C=O) groups is 3. The summed E-state index contributed by atoms with van der Waals surface area (Å²) in [4.78, 5) is 44.0. The largest absolute Gasteiger partial charge is 0.382 e. The van der Waals surface area contributed by atoms with E-state index in [1.807, 2.05) is 32.3 Å². The molecule has 0 saturated heterocycles. The van der Waals surface area contributed by atoms with Crippen molar-refractivity contribution in [1.82, 2.24) is 14.8 Å². The molecule has 2 aromatic rings. The molecule has 0 aromatic carbocycles. The minimum atomic E-state index is -1.05.